The molecule has 1 aromatic carbocycles. The van der Waals surface area contributed by atoms with Crippen LogP contribution in [-0.2, 0) is 0 Å². The molecule has 0 unspecified atom stereocenters. The lowest BCUT2D eigenvalue weighted by molar-refractivity contribution is 0.0997. The van der Waals surface area contributed by atoms with Gasteiger partial charge in [-0.05, 0) is 5.56 Å². The van der Waals surface area contributed by atoms with Crippen molar-refractivity contribution in [3.05, 3.63) is 41.5 Å². The van der Waals surface area contributed by atoms with Crippen molar-refractivity contribution in [1.82, 2.24) is 0 Å². The standard InChI is InChI=1S/C12H11NO2/c13-8-7-12(15)11-6-2-1-4-10(11)5-3-9-14/h1-6,14H,7,9H2. The van der Waals surface area contributed by atoms with Gasteiger partial charge in [0.15, 0.2) is 5.78 Å². The number of aliphatic hydroxyl groups is 1. The van der Waals surface area contributed by atoms with Crippen LogP contribution in [0.1, 0.15) is 22.3 Å². The average molecular weight is 201 g/mol. The van der Waals surface area contributed by atoms with Crippen LogP contribution in [0.5, 0.6) is 0 Å². The molecule has 3 heteroatoms. The normalized spacial score (nSPS) is 10.1. The van der Waals surface area contributed by atoms with E-state index in [1.54, 1.807) is 36.4 Å². The van der Waals surface area contributed by atoms with E-state index >= 15 is 0 Å². The average Bonchev–Trinajstić information content (AvgIpc) is 2.27. The first kappa shape index (κ1) is 11.2. The number of carbonyl (C=O) groups is 1. The Labute approximate surface area is 88.3 Å². The molecule has 0 saturated carbocycles. The lowest BCUT2D eigenvalue weighted by Crippen LogP contribution is -1.99. The number of nitrogens with zero attached hydrogens (tertiary/aromatic N) is 1. The Balaban J connectivity index is 3.01. The highest BCUT2D eigenvalue weighted by Gasteiger charge is 2.07. The Kier molecular flexibility index (Phi) is 4.27. The van der Waals surface area contributed by atoms with E-state index < -0.39 is 0 Å². The minimum Gasteiger partial charge on any atom is -0.392 e. The van der Waals surface area contributed by atoms with Crippen LogP contribution in [0.3, 0.4) is 0 Å². The molecule has 0 atom stereocenters. The van der Waals surface area contributed by atoms with Gasteiger partial charge in [-0.25, -0.2) is 0 Å². The Morgan fingerprint density at radius 1 is 1.47 bits per heavy atom. The zero-order chi connectivity index (χ0) is 11.1. The number of aliphatic hydroxyl groups excluding tert-OH is 1. The molecule has 0 aromatic heterocycles. The van der Waals surface area contributed by atoms with Crippen molar-refractivity contribution in [2.75, 3.05) is 6.61 Å². The van der Waals surface area contributed by atoms with Crippen LogP contribution >= 0.6 is 0 Å². The minimum absolute atomic E-state index is 0.0687. The van der Waals surface area contributed by atoms with E-state index in [0.717, 1.165) is 5.56 Å². The molecule has 1 rings (SSSR count). The molecule has 0 amide bonds. The van der Waals surface area contributed by atoms with Gasteiger partial charge in [0.05, 0.1) is 19.1 Å². The third kappa shape index (κ3) is 3.04. The Bertz CT molecular complexity index is 416. The van der Waals surface area contributed by atoms with Gasteiger partial charge in [0.1, 0.15) is 0 Å². The van der Waals surface area contributed by atoms with Crippen LogP contribution < -0.4 is 0 Å². The van der Waals surface area contributed by atoms with E-state index in [-0.39, 0.29) is 18.8 Å². The second kappa shape index (κ2) is 5.74. The maximum atomic E-state index is 11.5. The van der Waals surface area contributed by atoms with Gasteiger partial charge in [-0.1, -0.05) is 36.4 Å². The molecule has 1 N–H and O–H groups in total. The number of rotatable bonds is 4. The van der Waals surface area contributed by atoms with Gasteiger partial charge >= 0.3 is 0 Å². The van der Waals surface area contributed by atoms with E-state index in [0.29, 0.717) is 5.56 Å². The SMILES string of the molecule is N#CCC(=O)c1ccccc1C=CCO. The molecule has 0 aliphatic heterocycles. The molecule has 0 aliphatic rings. The molecule has 76 valence electrons. The lowest BCUT2D eigenvalue weighted by Gasteiger charge is -2.01. The fourth-order valence-electron chi connectivity index (χ4n) is 1.24. The molecule has 0 radical (unpaired) electrons. The predicted octanol–water partition coefficient (Wildman–Crippen LogP) is 1.79. The van der Waals surface area contributed by atoms with Crippen molar-refractivity contribution in [3.8, 4) is 6.07 Å². The summed E-state index contributed by atoms with van der Waals surface area (Å²) in [5.74, 6) is -0.198. The first-order chi connectivity index (χ1) is 7.29. The zero-order valence-electron chi connectivity index (χ0n) is 8.18. The van der Waals surface area contributed by atoms with Gasteiger partial charge in [0.25, 0.3) is 0 Å². The lowest BCUT2D eigenvalue weighted by atomic mass is 10.0. The van der Waals surface area contributed by atoms with Gasteiger partial charge in [0, 0.05) is 5.56 Å². The molecule has 0 aliphatic carbocycles. The van der Waals surface area contributed by atoms with E-state index in [9.17, 15) is 4.79 Å². The van der Waals surface area contributed by atoms with Crippen LogP contribution in [0.4, 0.5) is 0 Å². The van der Waals surface area contributed by atoms with Crippen molar-refractivity contribution >= 4 is 11.9 Å². The van der Waals surface area contributed by atoms with Gasteiger partial charge in [-0.3, -0.25) is 4.79 Å². The van der Waals surface area contributed by atoms with Crippen molar-refractivity contribution in [2.45, 2.75) is 6.42 Å². The minimum atomic E-state index is -0.198. The van der Waals surface area contributed by atoms with Crippen molar-refractivity contribution in [1.29, 1.82) is 5.26 Å². The van der Waals surface area contributed by atoms with Gasteiger partial charge in [0.2, 0.25) is 0 Å². The summed E-state index contributed by atoms with van der Waals surface area (Å²) in [6.45, 7) is -0.0687. The predicted molar refractivity (Wildman–Crippen MR) is 57.1 cm³/mol. The summed E-state index contributed by atoms with van der Waals surface area (Å²) in [5, 5.41) is 17.1. The van der Waals surface area contributed by atoms with Crippen molar-refractivity contribution < 1.29 is 9.90 Å². The fraction of sp³-hybridized carbons (Fsp3) is 0.167. The van der Waals surface area contributed by atoms with E-state index in [2.05, 4.69) is 0 Å². The van der Waals surface area contributed by atoms with Crippen LogP contribution in [0, 0.1) is 11.3 Å². The number of benzene rings is 1. The Morgan fingerprint density at radius 2 is 2.20 bits per heavy atom. The molecule has 0 fully saturated rings. The Morgan fingerprint density at radius 3 is 2.87 bits per heavy atom. The number of hydrogen-bond acceptors (Lipinski definition) is 3. The van der Waals surface area contributed by atoms with Crippen LogP contribution in [0.15, 0.2) is 30.3 Å². The number of nitriles is 1. The number of ketones is 1. The van der Waals surface area contributed by atoms with Gasteiger partial charge in [-0.15, -0.1) is 0 Å². The molecule has 15 heavy (non-hydrogen) atoms. The molecule has 0 spiro atoms. The van der Waals surface area contributed by atoms with Gasteiger partial charge < -0.3 is 5.11 Å². The van der Waals surface area contributed by atoms with Crippen molar-refractivity contribution in [3.63, 3.8) is 0 Å². The number of Topliss-reactive ketones (excluding diaryl/α,β-unsaturated/α-hetero) is 1. The summed E-state index contributed by atoms with van der Waals surface area (Å²) in [5.41, 5.74) is 1.25. The van der Waals surface area contributed by atoms with Crippen LogP contribution in [0.2, 0.25) is 0 Å². The van der Waals surface area contributed by atoms with Gasteiger partial charge in [-0.2, -0.15) is 5.26 Å². The summed E-state index contributed by atoms with van der Waals surface area (Å²) < 4.78 is 0. The first-order valence-corrected chi connectivity index (χ1v) is 4.56. The molecule has 1 aromatic rings. The van der Waals surface area contributed by atoms with Crippen molar-refractivity contribution in [2.24, 2.45) is 0 Å². The molecular formula is C12H11NO2. The van der Waals surface area contributed by atoms with Crippen LogP contribution in [-0.4, -0.2) is 17.5 Å². The maximum absolute atomic E-state index is 11.5. The largest absolute Gasteiger partial charge is 0.392 e. The second-order valence-electron chi connectivity index (χ2n) is 2.93. The second-order valence-corrected chi connectivity index (χ2v) is 2.93. The zero-order valence-corrected chi connectivity index (χ0v) is 8.18. The topological polar surface area (TPSA) is 61.1 Å². The third-order valence-electron chi connectivity index (χ3n) is 1.90. The monoisotopic (exact) mass is 201 g/mol. The summed E-state index contributed by atoms with van der Waals surface area (Å²) in [7, 11) is 0. The summed E-state index contributed by atoms with van der Waals surface area (Å²) >= 11 is 0. The third-order valence-corrected chi connectivity index (χ3v) is 1.90. The highest BCUT2D eigenvalue weighted by Crippen LogP contribution is 2.12. The molecule has 3 nitrogen and oxygen atoms in total. The van der Waals surface area contributed by atoms with Crippen LogP contribution in [0.25, 0.3) is 6.08 Å². The summed E-state index contributed by atoms with van der Waals surface area (Å²) in [4.78, 5) is 11.5. The molecular weight excluding hydrogens is 190 g/mol. The van der Waals surface area contributed by atoms with E-state index in [1.165, 1.54) is 0 Å². The molecule has 0 saturated heterocycles. The molecule has 0 heterocycles. The highest BCUT2D eigenvalue weighted by atomic mass is 16.2. The Hall–Kier alpha value is -1.92. The summed E-state index contributed by atoms with van der Waals surface area (Å²) in [6, 6.07) is 8.83. The number of carbonyl (C=O) groups excluding carboxylic acids is 1. The molecule has 0 bridgehead atoms. The fourth-order valence-corrected chi connectivity index (χ4v) is 1.24. The van der Waals surface area contributed by atoms with E-state index in [1.807, 2.05) is 6.07 Å². The van der Waals surface area contributed by atoms with E-state index in [4.69, 9.17) is 10.4 Å². The smallest absolute Gasteiger partial charge is 0.177 e. The number of hydrogen-bond donors (Lipinski definition) is 1. The maximum Gasteiger partial charge on any atom is 0.177 e. The summed E-state index contributed by atoms with van der Waals surface area (Å²) in [6.07, 6.45) is 3.10. The quantitative estimate of drug-likeness (QED) is 0.755. The first-order valence-electron chi connectivity index (χ1n) is 4.56. The highest BCUT2D eigenvalue weighted by molar-refractivity contribution is 6.00.